The topological polar surface area (TPSA) is 24.1 Å². The van der Waals surface area contributed by atoms with Gasteiger partial charge in [0, 0.05) is 11.4 Å². The molecule has 0 aromatic heterocycles. The van der Waals surface area contributed by atoms with Crippen LogP contribution < -0.4 is 10.6 Å². The highest BCUT2D eigenvalue weighted by atomic mass is 32.1. The Kier molecular flexibility index (Phi) is 4.74. The molecule has 0 aliphatic heterocycles. The van der Waals surface area contributed by atoms with E-state index in [9.17, 15) is 0 Å². The van der Waals surface area contributed by atoms with Gasteiger partial charge in [0.15, 0.2) is 5.11 Å². The molecule has 3 heteroatoms. The molecule has 0 unspecified atom stereocenters. The molecule has 0 atom stereocenters. The first-order valence-electron chi connectivity index (χ1n) is 6.82. The Morgan fingerprint density at radius 2 is 1.50 bits per heavy atom. The van der Waals surface area contributed by atoms with E-state index in [-0.39, 0.29) is 0 Å². The number of hydrogen-bond donors (Lipinski definition) is 2. The van der Waals surface area contributed by atoms with E-state index in [0.717, 1.165) is 17.8 Å². The van der Waals surface area contributed by atoms with E-state index < -0.39 is 0 Å². The normalized spacial score (nSPS) is 10.2. The molecule has 0 heterocycles. The maximum absolute atomic E-state index is 5.33. The molecule has 2 aromatic rings. The van der Waals surface area contributed by atoms with Crippen molar-refractivity contribution in [2.75, 3.05) is 10.6 Å². The summed E-state index contributed by atoms with van der Waals surface area (Å²) >= 11 is 5.33. The average Bonchev–Trinajstić information content (AvgIpc) is 2.44. The second-order valence-electron chi connectivity index (χ2n) is 4.93. The average molecular weight is 284 g/mol. The molecule has 2 rings (SSSR count). The Balaban J connectivity index is 1.99. The largest absolute Gasteiger partial charge is 0.332 e. The van der Waals surface area contributed by atoms with Gasteiger partial charge in [0.25, 0.3) is 0 Å². The molecular weight excluding hydrogens is 264 g/mol. The summed E-state index contributed by atoms with van der Waals surface area (Å²) in [7, 11) is 0. The molecule has 2 nitrogen and oxygen atoms in total. The van der Waals surface area contributed by atoms with E-state index in [1.54, 1.807) is 0 Å². The lowest BCUT2D eigenvalue weighted by Crippen LogP contribution is -2.19. The smallest absolute Gasteiger partial charge is 0.175 e. The highest BCUT2D eigenvalue weighted by molar-refractivity contribution is 7.80. The van der Waals surface area contributed by atoms with Crippen LogP contribution in [0.25, 0.3) is 0 Å². The van der Waals surface area contributed by atoms with Gasteiger partial charge < -0.3 is 10.6 Å². The predicted molar refractivity (Wildman–Crippen MR) is 91.6 cm³/mol. The highest BCUT2D eigenvalue weighted by Gasteiger charge is 2.00. The van der Waals surface area contributed by atoms with Crippen LogP contribution in [0.5, 0.6) is 0 Å². The van der Waals surface area contributed by atoms with Crippen molar-refractivity contribution in [1.82, 2.24) is 0 Å². The van der Waals surface area contributed by atoms with E-state index in [1.165, 1.54) is 16.7 Å². The van der Waals surface area contributed by atoms with E-state index in [1.807, 2.05) is 18.2 Å². The van der Waals surface area contributed by atoms with Crippen molar-refractivity contribution in [2.45, 2.75) is 27.2 Å². The van der Waals surface area contributed by atoms with Gasteiger partial charge in [-0.25, -0.2) is 0 Å². The van der Waals surface area contributed by atoms with Gasteiger partial charge in [0.1, 0.15) is 0 Å². The van der Waals surface area contributed by atoms with Gasteiger partial charge in [-0.15, -0.1) is 0 Å². The van der Waals surface area contributed by atoms with Crippen LogP contribution in [0.15, 0.2) is 42.5 Å². The zero-order valence-corrected chi connectivity index (χ0v) is 13.0. The molecule has 104 valence electrons. The molecule has 0 spiro atoms. The summed E-state index contributed by atoms with van der Waals surface area (Å²) in [5.74, 6) is 0. The van der Waals surface area contributed by atoms with Crippen molar-refractivity contribution >= 4 is 28.7 Å². The minimum atomic E-state index is 0.609. The quantitative estimate of drug-likeness (QED) is 0.801. The van der Waals surface area contributed by atoms with Gasteiger partial charge in [-0.3, -0.25) is 0 Å². The number of nitrogens with one attached hydrogen (secondary N) is 2. The molecule has 0 saturated heterocycles. The Morgan fingerprint density at radius 1 is 0.900 bits per heavy atom. The standard InChI is InChI=1S/C17H20N2S/c1-4-14-6-9-15(10-7-14)18-17(20)19-16-8-5-12(2)13(3)11-16/h5-11H,4H2,1-3H3,(H2,18,19,20). The summed E-state index contributed by atoms with van der Waals surface area (Å²) in [5.41, 5.74) is 5.87. The molecule has 0 radical (unpaired) electrons. The third kappa shape index (κ3) is 3.81. The number of thiocarbonyl (C=S) groups is 1. The minimum absolute atomic E-state index is 0.609. The maximum Gasteiger partial charge on any atom is 0.175 e. The predicted octanol–water partition coefficient (Wildman–Crippen LogP) is 4.67. The SMILES string of the molecule is CCc1ccc(NC(=S)Nc2ccc(C)c(C)c2)cc1. The molecule has 0 saturated carbocycles. The first-order valence-corrected chi connectivity index (χ1v) is 7.23. The number of rotatable bonds is 3. The summed E-state index contributed by atoms with van der Waals surface area (Å²) in [5, 5.41) is 7.01. The minimum Gasteiger partial charge on any atom is -0.332 e. The van der Waals surface area contributed by atoms with Gasteiger partial charge >= 0.3 is 0 Å². The molecule has 2 N–H and O–H groups in total. The van der Waals surface area contributed by atoms with Crippen molar-refractivity contribution in [1.29, 1.82) is 0 Å². The number of hydrogen-bond acceptors (Lipinski definition) is 1. The van der Waals surface area contributed by atoms with Gasteiger partial charge in [0.05, 0.1) is 0 Å². The molecule has 0 aliphatic carbocycles. The maximum atomic E-state index is 5.33. The highest BCUT2D eigenvalue weighted by Crippen LogP contribution is 2.15. The summed E-state index contributed by atoms with van der Waals surface area (Å²) in [6.07, 6.45) is 1.05. The molecule has 0 aliphatic rings. The summed E-state index contributed by atoms with van der Waals surface area (Å²) in [6, 6.07) is 14.6. The first kappa shape index (κ1) is 14.5. The van der Waals surface area contributed by atoms with Crippen molar-refractivity contribution in [2.24, 2.45) is 0 Å². The van der Waals surface area contributed by atoms with E-state index in [4.69, 9.17) is 12.2 Å². The summed E-state index contributed by atoms with van der Waals surface area (Å²) in [4.78, 5) is 0. The lowest BCUT2D eigenvalue weighted by atomic mass is 10.1. The molecule has 20 heavy (non-hydrogen) atoms. The Morgan fingerprint density at radius 3 is 2.10 bits per heavy atom. The molecule has 2 aromatic carbocycles. The molecule has 0 bridgehead atoms. The Bertz CT molecular complexity index is 603. The van der Waals surface area contributed by atoms with Crippen molar-refractivity contribution in [3.8, 4) is 0 Å². The molecular formula is C17H20N2S. The van der Waals surface area contributed by atoms with Crippen LogP contribution in [0, 0.1) is 13.8 Å². The monoisotopic (exact) mass is 284 g/mol. The fourth-order valence-corrected chi connectivity index (χ4v) is 2.17. The van der Waals surface area contributed by atoms with E-state index in [0.29, 0.717) is 5.11 Å². The van der Waals surface area contributed by atoms with Crippen molar-refractivity contribution in [3.05, 3.63) is 59.2 Å². The summed E-state index contributed by atoms with van der Waals surface area (Å²) < 4.78 is 0. The third-order valence-corrected chi connectivity index (χ3v) is 3.59. The van der Waals surface area contributed by atoms with E-state index >= 15 is 0 Å². The second-order valence-corrected chi connectivity index (χ2v) is 5.34. The first-order chi connectivity index (χ1) is 9.58. The van der Waals surface area contributed by atoms with Crippen LogP contribution >= 0.6 is 12.2 Å². The second kappa shape index (κ2) is 6.53. The van der Waals surface area contributed by atoms with Gasteiger partial charge in [-0.05, 0) is 73.4 Å². The lowest BCUT2D eigenvalue weighted by Gasteiger charge is -2.12. The van der Waals surface area contributed by atoms with Crippen LogP contribution in [0.4, 0.5) is 11.4 Å². The Labute approximate surface area is 126 Å². The van der Waals surface area contributed by atoms with Crippen LogP contribution in [-0.2, 0) is 6.42 Å². The molecule has 0 fully saturated rings. The van der Waals surface area contributed by atoms with Gasteiger partial charge in [-0.1, -0.05) is 25.1 Å². The fraction of sp³-hybridized carbons (Fsp3) is 0.235. The number of anilines is 2. The van der Waals surface area contributed by atoms with Gasteiger partial charge in [0.2, 0.25) is 0 Å². The summed E-state index contributed by atoms with van der Waals surface area (Å²) in [6.45, 7) is 6.35. The number of aryl methyl sites for hydroxylation is 3. The number of benzene rings is 2. The van der Waals surface area contributed by atoms with Crippen LogP contribution in [0.3, 0.4) is 0 Å². The van der Waals surface area contributed by atoms with Gasteiger partial charge in [-0.2, -0.15) is 0 Å². The van der Waals surface area contributed by atoms with Crippen LogP contribution in [-0.4, -0.2) is 5.11 Å². The zero-order valence-electron chi connectivity index (χ0n) is 12.2. The van der Waals surface area contributed by atoms with Crippen LogP contribution in [0.2, 0.25) is 0 Å². The molecule has 0 amide bonds. The van der Waals surface area contributed by atoms with Crippen LogP contribution in [0.1, 0.15) is 23.6 Å². The van der Waals surface area contributed by atoms with Crippen molar-refractivity contribution < 1.29 is 0 Å². The lowest BCUT2D eigenvalue weighted by molar-refractivity contribution is 1.14. The fourth-order valence-electron chi connectivity index (χ4n) is 1.94. The zero-order chi connectivity index (χ0) is 14.5. The van der Waals surface area contributed by atoms with Crippen molar-refractivity contribution in [3.63, 3.8) is 0 Å². The Hall–Kier alpha value is -1.87. The van der Waals surface area contributed by atoms with E-state index in [2.05, 4.69) is 55.7 Å². The third-order valence-electron chi connectivity index (χ3n) is 3.38.